The molecule has 0 aliphatic carbocycles. The van der Waals surface area contributed by atoms with Gasteiger partial charge in [-0.15, -0.1) is 11.8 Å². The van der Waals surface area contributed by atoms with Crippen LogP contribution in [0.1, 0.15) is 18.9 Å². The average molecular weight is 385 g/mol. The maximum absolute atomic E-state index is 13.2. The molecule has 2 aromatic carbocycles. The molecule has 4 nitrogen and oxygen atoms in total. The van der Waals surface area contributed by atoms with Crippen LogP contribution in [0, 0.1) is 0 Å². The van der Waals surface area contributed by atoms with E-state index >= 15 is 0 Å². The number of methoxy groups -OCH3 is 1. The molecule has 1 aliphatic rings. The highest BCUT2D eigenvalue weighted by atomic mass is 32.2. The lowest BCUT2D eigenvalue weighted by atomic mass is 10.2. The van der Waals surface area contributed by atoms with Crippen molar-refractivity contribution in [2.75, 3.05) is 38.3 Å². The molecule has 0 N–H and O–H groups in total. The minimum Gasteiger partial charge on any atom is -0.383 e. The first-order chi connectivity index (χ1) is 13.2. The van der Waals surface area contributed by atoms with E-state index in [1.165, 1.54) is 10.5 Å². The first kappa shape index (κ1) is 19.9. The van der Waals surface area contributed by atoms with Gasteiger partial charge in [-0.1, -0.05) is 49.4 Å². The van der Waals surface area contributed by atoms with Gasteiger partial charge in [0, 0.05) is 36.9 Å². The Bertz CT molecular complexity index is 738. The van der Waals surface area contributed by atoms with Crippen molar-refractivity contribution in [3.05, 3.63) is 60.2 Å². The van der Waals surface area contributed by atoms with Crippen LogP contribution in [0.3, 0.4) is 0 Å². The van der Waals surface area contributed by atoms with Gasteiger partial charge in [0.1, 0.15) is 0 Å². The molecule has 0 spiro atoms. The summed E-state index contributed by atoms with van der Waals surface area (Å²) in [6.07, 6.45) is 1.00. The van der Waals surface area contributed by atoms with Crippen molar-refractivity contribution >= 4 is 23.4 Å². The molecule has 2 aromatic rings. The maximum Gasteiger partial charge on any atom is 0.241 e. The van der Waals surface area contributed by atoms with E-state index < -0.39 is 0 Å². The molecule has 1 atom stereocenters. The molecule has 144 valence electrons. The normalized spacial score (nSPS) is 16.9. The van der Waals surface area contributed by atoms with Crippen molar-refractivity contribution < 1.29 is 9.53 Å². The van der Waals surface area contributed by atoms with Crippen LogP contribution in [-0.2, 0) is 16.1 Å². The number of hydrogen-bond acceptors (Lipinski definition) is 4. The smallest absolute Gasteiger partial charge is 0.241 e. The summed E-state index contributed by atoms with van der Waals surface area (Å²) < 4.78 is 5.26. The lowest BCUT2D eigenvalue weighted by molar-refractivity contribution is -0.120. The summed E-state index contributed by atoms with van der Waals surface area (Å²) in [5.74, 6) is 0.157. The zero-order valence-corrected chi connectivity index (χ0v) is 17.0. The predicted molar refractivity (Wildman–Crippen MR) is 112 cm³/mol. The summed E-state index contributed by atoms with van der Waals surface area (Å²) >= 11 is 1.86. The Kier molecular flexibility index (Phi) is 7.33. The molecule has 0 bridgehead atoms. The topological polar surface area (TPSA) is 32.8 Å². The summed E-state index contributed by atoms with van der Waals surface area (Å²) in [6.45, 7) is 5.49. The van der Waals surface area contributed by atoms with Crippen LogP contribution in [0.4, 0.5) is 5.69 Å². The van der Waals surface area contributed by atoms with Crippen molar-refractivity contribution in [3.63, 3.8) is 0 Å². The fourth-order valence-electron chi connectivity index (χ4n) is 3.30. The first-order valence-corrected chi connectivity index (χ1v) is 10.4. The summed E-state index contributed by atoms with van der Waals surface area (Å²) in [6, 6.07) is 18.5. The second-order valence-corrected chi connectivity index (χ2v) is 8.40. The molecule has 0 fully saturated rings. The zero-order valence-electron chi connectivity index (χ0n) is 16.1. The van der Waals surface area contributed by atoms with Gasteiger partial charge >= 0.3 is 0 Å². The van der Waals surface area contributed by atoms with Gasteiger partial charge in [0.25, 0.3) is 0 Å². The Hall–Kier alpha value is -1.82. The molecular formula is C22H28N2O2S. The zero-order chi connectivity index (χ0) is 19.1. The van der Waals surface area contributed by atoms with Gasteiger partial charge < -0.3 is 9.64 Å². The summed E-state index contributed by atoms with van der Waals surface area (Å²) in [5.41, 5.74) is 2.25. The highest BCUT2D eigenvalue weighted by molar-refractivity contribution is 8.00. The van der Waals surface area contributed by atoms with Crippen LogP contribution in [0.5, 0.6) is 0 Å². The maximum atomic E-state index is 13.2. The van der Waals surface area contributed by atoms with Crippen molar-refractivity contribution in [3.8, 4) is 0 Å². The molecule has 1 aliphatic heterocycles. The van der Waals surface area contributed by atoms with Crippen LogP contribution in [0.15, 0.2) is 59.5 Å². The molecule has 0 aromatic heterocycles. The van der Waals surface area contributed by atoms with Crippen LogP contribution in [0.2, 0.25) is 0 Å². The number of para-hydroxylation sites is 1. The summed E-state index contributed by atoms with van der Waals surface area (Å²) in [5, 5.41) is 0.512. The molecule has 0 saturated heterocycles. The molecule has 3 rings (SSSR count). The molecular weight excluding hydrogens is 356 g/mol. The van der Waals surface area contributed by atoms with Crippen molar-refractivity contribution in [2.24, 2.45) is 0 Å². The van der Waals surface area contributed by atoms with Gasteiger partial charge in [-0.2, -0.15) is 0 Å². The third-order valence-electron chi connectivity index (χ3n) is 4.76. The number of amides is 1. The minimum absolute atomic E-state index is 0.157. The van der Waals surface area contributed by atoms with Crippen molar-refractivity contribution in [1.29, 1.82) is 0 Å². The molecule has 1 heterocycles. The fraction of sp³-hybridized carbons (Fsp3) is 0.409. The van der Waals surface area contributed by atoms with Gasteiger partial charge in [0.05, 0.1) is 18.8 Å². The summed E-state index contributed by atoms with van der Waals surface area (Å²) in [7, 11) is 1.70. The average Bonchev–Trinajstić information content (AvgIpc) is 2.85. The third kappa shape index (κ3) is 5.58. The lowest BCUT2D eigenvalue weighted by Crippen LogP contribution is -2.42. The predicted octanol–water partition coefficient (Wildman–Crippen LogP) is 4.05. The van der Waals surface area contributed by atoms with Crippen molar-refractivity contribution in [2.45, 2.75) is 30.0 Å². The standard InChI is InChI=1S/C22H28N2O2S/c1-18-12-13-24(20-10-6-7-11-21(20)27-18)22(25)17-23(14-15-26-2)16-19-8-4-3-5-9-19/h3-11,18H,12-17H2,1-2H3. The van der Waals surface area contributed by atoms with Gasteiger partial charge in [-0.25, -0.2) is 0 Å². The number of hydrogen-bond donors (Lipinski definition) is 0. The van der Waals surface area contributed by atoms with E-state index in [1.807, 2.05) is 47.0 Å². The SMILES string of the molecule is COCCN(CC(=O)N1CCC(C)Sc2ccccc21)Cc1ccccc1. The van der Waals surface area contributed by atoms with E-state index in [-0.39, 0.29) is 5.91 Å². The first-order valence-electron chi connectivity index (χ1n) is 9.48. The number of ether oxygens (including phenoxy) is 1. The van der Waals surface area contributed by atoms with Gasteiger partial charge in [0.2, 0.25) is 5.91 Å². The monoisotopic (exact) mass is 384 g/mol. The van der Waals surface area contributed by atoms with E-state index in [2.05, 4.69) is 36.1 Å². The highest BCUT2D eigenvalue weighted by Crippen LogP contribution is 2.37. The molecule has 0 saturated carbocycles. The largest absolute Gasteiger partial charge is 0.383 e. The third-order valence-corrected chi connectivity index (χ3v) is 6.00. The number of rotatable bonds is 7. The number of fused-ring (bicyclic) bond motifs is 1. The quantitative estimate of drug-likeness (QED) is 0.721. The van der Waals surface area contributed by atoms with E-state index in [4.69, 9.17) is 4.74 Å². The second kappa shape index (κ2) is 9.93. The fourth-order valence-corrected chi connectivity index (χ4v) is 4.41. The Labute approximate surface area is 166 Å². The van der Waals surface area contributed by atoms with Crippen LogP contribution in [-0.4, -0.2) is 49.4 Å². The Morgan fingerprint density at radius 2 is 1.93 bits per heavy atom. The molecule has 1 unspecified atom stereocenters. The van der Waals surface area contributed by atoms with Crippen LogP contribution >= 0.6 is 11.8 Å². The van der Waals surface area contributed by atoms with Crippen LogP contribution in [0.25, 0.3) is 0 Å². The molecule has 1 amide bonds. The lowest BCUT2D eigenvalue weighted by Gasteiger charge is -2.27. The van der Waals surface area contributed by atoms with E-state index in [0.717, 1.165) is 31.7 Å². The minimum atomic E-state index is 0.157. The van der Waals surface area contributed by atoms with Crippen molar-refractivity contribution in [1.82, 2.24) is 4.90 Å². The van der Waals surface area contributed by atoms with E-state index in [9.17, 15) is 4.79 Å². The Morgan fingerprint density at radius 1 is 1.19 bits per heavy atom. The van der Waals surface area contributed by atoms with E-state index in [1.54, 1.807) is 7.11 Å². The Balaban J connectivity index is 1.74. The summed E-state index contributed by atoms with van der Waals surface area (Å²) in [4.78, 5) is 18.6. The number of benzene rings is 2. The van der Waals surface area contributed by atoms with Gasteiger partial charge in [0.15, 0.2) is 0 Å². The second-order valence-electron chi connectivity index (χ2n) is 6.92. The van der Waals surface area contributed by atoms with Crippen LogP contribution < -0.4 is 4.90 Å². The number of nitrogens with zero attached hydrogens (tertiary/aromatic N) is 2. The number of carbonyl (C=O) groups is 1. The number of thioether (sulfide) groups is 1. The number of carbonyl (C=O) groups excluding carboxylic acids is 1. The van der Waals surface area contributed by atoms with Gasteiger partial charge in [-0.05, 0) is 24.1 Å². The Morgan fingerprint density at radius 3 is 2.70 bits per heavy atom. The van der Waals surface area contributed by atoms with E-state index in [0.29, 0.717) is 18.4 Å². The van der Waals surface area contributed by atoms with Gasteiger partial charge in [-0.3, -0.25) is 9.69 Å². The molecule has 0 radical (unpaired) electrons. The molecule has 27 heavy (non-hydrogen) atoms. The molecule has 5 heteroatoms. The number of anilines is 1. The highest BCUT2D eigenvalue weighted by Gasteiger charge is 2.25.